The molecular weight excluding hydrogens is 384 g/mol. The number of rotatable bonds is 4. The van der Waals surface area contributed by atoms with Crippen LogP contribution in [0.5, 0.6) is 0 Å². The molecule has 1 aliphatic heterocycles. The molecule has 1 aromatic heterocycles. The molecule has 2 aromatic carbocycles. The van der Waals surface area contributed by atoms with Gasteiger partial charge in [0.25, 0.3) is 11.8 Å². The first-order chi connectivity index (χ1) is 14.6. The van der Waals surface area contributed by atoms with Crippen LogP contribution in [0.2, 0.25) is 0 Å². The van der Waals surface area contributed by atoms with Gasteiger partial charge < -0.3 is 5.32 Å². The summed E-state index contributed by atoms with van der Waals surface area (Å²) in [7, 11) is 0. The molecule has 2 heterocycles. The predicted octanol–water partition coefficient (Wildman–Crippen LogP) is 1.47. The average Bonchev–Trinajstić information content (AvgIpc) is 3.25. The van der Waals surface area contributed by atoms with E-state index < -0.39 is 29.9 Å². The minimum Gasteiger partial charge on any atom is -0.319 e. The second-order valence-corrected chi connectivity index (χ2v) is 7.30. The zero-order chi connectivity index (χ0) is 20.7. The van der Waals surface area contributed by atoms with Crippen molar-refractivity contribution in [1.29, 1.82) is 0 Å². The molecule has 3 N–H and O–H groups in total. The number of amides is 4. The van der Waals surface area contributed by atoms with Gasteiger partial charge in [-0.1, -0.05) is 36.4 Å². The smallest absolute Gasteiger partial charge is 0.319 e. The summed E-state index contributed by atoms with van der Waals surface area (Å²) in [5, 5.41) is 2.80. The van der Waals surface area contributed by atoms with E-state index in [1.807, 2.05) is 48.5 Å². The summed E-state index contributed by atoms with van der Waals surface area (Å²) >= 11 is 0. The fraction of sp³-hybridized carbons (Fsp3) is 0.190. The van der Waals surface area contributed by atoms with Gasteiger partial charge in [-0.05, 0) is 36.1 Å². The summed E-state index contributed by atoms with van der Waals surface area (Å²) < 4.78 is 0. The fourth-order valence-corrected chi connectivity index (χ4v) is 4.07. The summed E-state index contributed by atoms with van der Waals surface area (Å²) in [5.41, 5.74) is 7.30. The number of carbonyl (C=O) groups is 3. The Morgan fingerprint density at radius 3 is 2.73 bits per heavy atom. The van der Waals surface area contributed by atoms with Gasteiger partial charge in [-0.25, -0.2) is 9.78 Å². The Bertz CT molecular complexity index is 1200. The molecule has 150 valence electrons. The minimum atomic E-state index is -1.08. The standard InChI is InChI=1S/C21H18N6O3/c28-18(26-25-17-11-22-15-7-3-4-8-16(15)23-17)12-27-19(29)21(24-20(27)30)10-9-13-5-1-2-6-14(13)21/h1-8,11H,9-10,12H2,(H,23,25)(H,24,30)(H,26,28). The molecule has 1 unspecified atom stereocenters. The highest BCUT2D eigenvalue weighted by atomic mass is 16.2. The number of hydrogen-bond acceptors (Lipinski definition) is 6. The lowest BCUT2D eigenvalue weighted by Crippen LogP contribution is -2.44. The summed E-state index contributed by atoms with van der Waals surface area (Å²) in [6.45, 7) is -0.400. The number of aromatic nitrogens is 2. The number of imide groups is 1. The number of para-hydroxylation sites is 2. The van der Waals surface area contributed by atoms with Gasteiger partial charge in [-0.2, -0.15) is 0 Å². The molecule has 30 heavy (non-hydrogen) atoms. The molecule has 1 fully saturated rings. The van der Waals surface area contributed by atoms with E-state index in [4.69, 9.17) is 0 Å². The molecule has 1 aliphatic carbocycles. The van der Waals surface area contributed by atoms with E-state index in [9.17, 15) is 14.4 Å². The molecule has 5 rings (SSSR count). The van der Waals surface area contributed by atoms with Crippen molar-refractivity contribution in [1.82, 2.24) is 25.6 Å². The van der Waals surface area contributed by atoms with Crippen molar-refractivity contribution >= 4 is 34.7 Å². The number of nitrogens with one attached hydrogen (secondary N) is 3. The molecule has 9 heteroatoms. The molecule has 0 bridgehead atoms. The third-order valence-electron chi connectivity index (χ3n) is 5.50. The second kappa shape index (κ2) is 6.80. The first-order valence-corrected chi connectivity index (χ1v) is 9.56. The van der Waals surface area contributed by atoms with Crippen LogP contribution in [0.4, 0.5) is 10.6 Å². The van der Waals surface area contributed by atoms with E-state index in [-0.39, 0.29) is 0 Å². The lowest BCUT2D eigenvalue weighted by atomic mass is 9.92. The summed E-state index contributed by atoms with van der Waals surface area (Å²) in [4.78, 5) is 47.5. The van der Waals surface area contributed by atoms with Gasteiger partial charge >= 0.3 is 6.03 Å². The normalized spacial score (nSPS) is 19.8. The maximum absolute atomic E-state index is 13.1. The fourth-order valence-electron chi connectivity index (χ4n) is 4.07. The zero-order valence-electron chi connectivity index (χ0n) is 15.9. The summed E-state index contributed by atoms with van der Waals surface area (Å²) in [6.07, 6.45) is 2.67. The number of fused-ring (bicyclic) bond motifs is 3. The number of carbonyl (C=O) groups excluding carboxylic acids is 3. The number of benzene rings is 2. The van der Waals surface area contributed by atoms with Crippen molar-refractivity contribution in [2.24, 2.45) is 0 Å². The highest BCUT2D eigenvalue weighted by molar-refractivity contribution is 6.10. The molecule has 2 aliphatic rings. The number of aryl methyl sites for hydroxylation is 1. The summed E-state index contributed by atoms with van der Waals surface area (Å²) in [6, 6.07) is 14.3. The number of hydrogen-bond donors (Lipinski definition) is 3. The number of anilines is 1. The molecular formula is C21H18N6O3. The van der Waals surface area contributed by atoms with Gasteiger partial charge in [0.2, 0.25) is 0 Å². The molecule has 1 saturated heterocycles. The lowest BCUT2D eigenvalue weighted by molar-refractivity contribution is -0.135. The van der Waals surface area contributed by atoms with E-state index in [0.717, 1.165) is 21.5 Å². The van der Waals surface area contributed by atoms with Crippen LogP contribution in [0.1, 0.15) is 17.5 Å². The Morgan fingerprint density at radius 1 is 1.10 bits per heavy atom. The maximum Gasteiger partial charge on any atom is 0.325 e. The monoisotopic (exact) mass is 402 g/mol. The van der Waals surface area contributed by atoms with Crippen molar-refractivity contribution in [3.8, 4) is 0 Å². The van der Waals surface area contributed by atoms with Crippen LogP contribution in [0, 0.1) is 0 Å². The van der Waals surface area contributed by atoms with Gasteiger partial charge in [-0.15, -0.1) is 0 Å². The average molecular weight is 402 g/mol. The molecule has 9 nitrogen and oxygen atoms in total. The SMILES string of the molecule is O=C(CN1C(=O)NC2(CCc3ccccc32)C1=O)NNc1cnc2ccccc2n1. The van der Waals surface area contributed by atoms with Crippen LogP contribution in [-0.2, 0) is 21.5 Å². The minimum absolute atomic E-state index is 0.348. The van der Waals surface area contributed by atoms with E-state index >= 15 is 0 Å². The van der Waals surface area contributed by atoms with Gasteiger partial charge in [0.15, 0.2) is 5.82 Å². The quantitative estimate of drug-likeness (QED) is 0.450. The number of hydrazine groups is 1. The predicted molar refractivity (Wildman–Crippen MR) is 108 cm³/mol. The topological polar surface area (TPSA) is 116 Å². The van der Waals surface area contributed by atoms with Crippen molar-refractivity contribution in [3.05, 3.63) is 65.9 Å². The first-order valence-electron chi connectivity index (χ1n) is 9.56. The number of urea groups is 1. The highest BCUT2D eigenvalue weighted by Crippen LogP contribution is 2.41. The van der Waals surface area contributed by atoms with Crippen molar-refractivity contribution in [2.45, 2.75) is 18.4 Å². The largest absolute Gasteiger partial charge is 0.325 e. The lowest BCUT2D eigenvalue weighted by Gasteiger charge is -2.22. The van der Waals surface area contributed by atoms with Gasteiger partial charge in [0.1, 0.15) is 12.1 Å². The van der Waals surface area contributed by atoms with Gasteiger partial charge in [0, 0.05) is 0 Å². The molecule has 0 radical (unpaired) electrons. The maximum atomic E-state index is 13.1. The van der Waals surface area contributed by atoms with E-state index in [0.29, 0.717) is 24.2 Å². The first kappa shape index (κ1) is 18.0. The van der Waals surface area contributed by atoms with Crippen LogP contribution < -0.4 is 16.2 Å². The van der Waals surface area contributed by atoms with Crippen LogP contribution in [-0.4, -0.2) is 39.3 Å². The van der Waals surface area contributed by atoms with E-state index in [1.54, 1.807) is 0 Å². The Kier molecular flexibility index (Phi) is 4.09. The third kappa shape index (κ3) is 2.83. The number of nitrogens with zero attached hydrogens (tertiary/aromatic N) is 3. The van der Waals surface area contributed by atoms with E-state index in [1.165, 1.54) is 6.20 Å². The van der Waals surface area contributed by atoms with Crippen LogP contribution >= 0.6 is 0 Å². The van der Waals surface area contributed by atoms with Crippen LogP contribution in [0.25, 0.3) is 11.0 Å². The Balaban J connectivity index is 1.27. The molecule has 4 amide bonds. The third-order valence-corrected chi connectivity index (χ3v) is 5.50. The van der Waals surface area contributed by atoms with Crippen molar-refractivity contribution in [3.63, 3.8) is 0 Å². The highest BCUT2D eigenvalue weighted by Gasteiger charge is 2.55. The van der Waals surface area contributed by atoms with Crippen LogP contribution in [0.3, 0.4) is 0 Å². The van der Waals surface area contributed by atoms with Gasteiger partial charge in [0.05, 0.1) is 17.2 Å². The molecule has 1 atom stereocenters. The van der Waals surface area contributed by atoms with Crippen molar-refractivity contribution in [2.75, 3.05) is 12.0 Å². The second-order valence-electron chi connectivity index (χ2n) is 7.30. The molecule has 0 saturated carbocycles. The van der Waals surface area contributed by atoms with Crippen molar-refractivity contribution < 1.29 is 14.4 Å². The summed E-state index contributed by atoms with van der Waals surface area (Å²) in [5.74, 6) is -0.602. The van der Waals surface area contributed by atoms with Gasteiger partial charge in [-0.3, -0.25) is 30.3 Å². The van der Waals surface area contributed by atoms with E-state index in [2.05, 4.69) is 26.1 Å². The zero-order valence-corrected chi connectivity index (χ0v) is 15.9. The van der Waals surface area contributed by atoms with Crippen LogP contribution in [0.15, 0.2) is 54.7 Å². The molecule has 3 aromatic rings. The molecule has 1 spiro atoms. The Hall–Kier alpha value is -4.01. The Morgan fingerprint density at radius 2 is 1.87 bits per heavy atom. The Labute approximate surface area is 171 Å².